The van der Waals surface area contributed by atoms with Gasteiger partial charge in [0.1, 0.15) is 0 Å². The Bertz CT molecular complexity index is 591. The lowest BCUT2D eigenvalue weighted by molar-refractivity contribution is 0.397. The van der Waals surface area contributed by atoms with E-state index in [0.29, 0.717) is 11.9 Å². The van der Waals surface area contributed by atoms with Crippen LogP contribution in [0.15, 0.2) is 24.4 Å². The summed E-state index contributed by atoms with van der Waals surface area (Å²) in [6, 6.07) is 4.15. The van der Waals surface area contributed by atoms with Crippen LogP contribution >= 0.6 is 0 Å². The maximum Gasteiger partial charge on any atom is 0.212 e. The number of nitrogens with two attached hydrogens (primary N) is 1. The van der Waals surface area contributed by atoms with Crippen molar-refractivity contribution in [1.29, 1.82) is 0 Å². The first kappa shape index (κ1) is 13.9. The fourth-order valence-electron chi connectivity index (χ4n) is 1.51. The van der Waals surface area contributed by atoms with Crippen molar-refractivity contribution in [3.8, 4) is 5.88 Å². The molecule has 0 amide bonds. The molecular formula is C12H13F2N5O. The predicted octanol–water partition coefficient (Wildman–Crippen LogP) is 1.66. The second kappa shape index (κ2) is 6.11. The van der Waals surface area contributed by atoms with Gasteiger partial charge in [-0.15, -0.1) is 0 Å². The van der Waals surface area contributed by atoms with Crippen LogP contribution < -0.4 is 21.3 Å². The lowest BCUT2D eigenvalue weighted by atomic mass is 10.3. The van der Waals surface area contributed by atoms with Gasteiger partial charge in [-0.25, -0.2) is 24.6 Å². The minimum atomic E-state index is -0.860. The molecule has 0 aliphatic carbocycles. The van der Waals surface area contributed by atoms with Crippen LogP contribution in [0, 0.1) is 11.6 Å². The van der Waals surface area contributed by atoms with Gasteiger partial charge in [-0.3, -0.25) is 0 Å². The lowest BCUT2D eigenvalue weighted by Gasteiger charge is -2.09. The Hall–Kier alpha value is -2.48. The van der Waals surface area contributed by atoms with Crippen LogP contribution in [-0.2, 0) is 6.54 Å². The van der Waals surface area contributed by atoms with Crippen molar-refractivity contribution >= 4 is 11.6 Å². The number of methoxy groups -OCH3 is 1. The third-order valence-electron chi connectivity index (χ3n) is 2.53. The summed E-state index contributed by atoms with van der Waals surface area (Å²) in [6.45, 7) is 0.274. The minimum absolute atomic E-state index is 0.102. The molecule has 0 aliphatic rings. The first-order valence-corrected chi connectivity index (χ1v) is 5.69. The molecule has 0 saturated heterocycles. The molecule has 0 unspecified atom stereocenters. The van der Waals surface area contributed by atoms with Crippen molar-refractivity contribution in [2.75, 3.05) is 17.9 Å². The molecule has 0 radical (unpaired) electrons. The zero-order chi connectivity index (χ0) is 14.5. The summed E-state index contributed by atoms with van der Waals surface area (Å²) in [7, 11) is 1.51. The molecule has 6 nitrogen and oxygen atoms in total. The van der Waals surface area contributed by atoms with Gasteiger partial charge in [0.15, 0.2) is 23.3 Å². The highest BCUT2D eigenvalue weighted by Gasteiger charge is 2.10. The molecule has 0 spiro atoms. The van der Waals surface area contributed by atoms with Gasteiger partial charge in [0.05, 0.1) is 7.11 Å². The third-order valence-corrected chi connectivity index (χ3v) is 2.53. The van der Waals surface area contributed by atoms with Crippen molar-refractivity contribution in [2.45, 2.75) is 6.54 Å². The molecule has 8 heteroatoms. The van der Waals surface area contributed by atoms with Gasteiger partial charge >= 0.3 is 0 Å². The molecule has 0 saturated carbocycles. The number of pyridine rings is 2. The molecule has 20 heavy (non-hydrogen) atoms. The van der Waals surface area contributed by atoms with Crippen LogP contribution in [-0.4, -0.2) is 17.1 Å². The maximum absolute atomic E-state index is 13.5. The highest BCUT2D eigenvalue weighted by Crippen LogP contribution is 2.19. The smallest absolute Gasteiger partial charge is 0.212 e. The highest BCUT2D eigenvalue weighted by molar-refractivity contribution is 5.47. The van der Waals surface area contributed by atoms with Gasteiger partial charge in [-0.1, -0.05) is 6.07 Å². The summed E-state index contributed by atoms with van der Waals surface area (Å²) < 4.78 is 31.6. The second-order valence-electron chi connectivity index (χ2n) is 3.86. The van der Waals surface area contributed by atoms with Gasteiger partial charge in [0.25, 0.3) is 0 Å². The number of aromatic nitrogens is 2. The Morgan fingerprint density at radius 2 is 2.00 bits per heavy atom. The van der Waals surface area contributed by atoms with Gasteiger partial charge < -0.3 is 15.5 Å². The number of rotatable bonds is 5. The minimum Gasteiger partial charge on any atom is -0.481 e. The first-order valence-electron chi connectivity index (χ1n) is 5.69. The average molecular weight is 281 g/mol. The van der Waals surface area contributed by atoms with Crippen LogP contribution in [0.5, 0.6) is 5.88 Å². The summed E-state index contributed by atoms with van der Waals surface area (Å²) in [5.41, 5.74) is 2.84. The average Bonchev–Trinajstić information content (AvgIpc) is 2.47. The van der Waals surface area contributed by atoms with E-state index in [1.54, 1.807) is 18.3 Å². The number of anilines is 2. The molecule has 0 atom stereocenters. The molecule has 2 aromatic heterocycles. The molecule has 4 N–H and O–H groups in total. The molecule has 2 rings (SSSR count). The topological polar surface area (TPSA) is 85.1 Å². The largest absolute Gasteiger partial charge is 0.481 e. The summed E-state index contributed by atoms with van der Waals surface area (Å²) >= 11 is 0. The van der Waals surface area contributed by atoms with Crippen molar-refractivity contribution in [3.05, 3.63) is 41.6 Å². The summed E-state index contributed by atoms with van der Waals surface area (Å²) in [5.74, 6) is 3.56. The zero-order valence-corrected chi connectivity index (χ0v) is 10.7. The third kappa shape index (κ3) is 3.09. The van der Waals surface area contributed by atoms with E-state index in [4.69, 9.17) is 10.6 Å². The maximum atomic E-state index is 13.5. The van der Waals surface area contributed by atoms with Gasteiger partial charge in [-0.2, -0.15) is 0 Å². The highest BCUT2D eigenvalue weighted by atomic mass is 19.1. The number of halogens is 2. The van der Waals surface area contributed by atoms with Crippen molar-refractivity contribution in [3.63, 3.8) is 0 Å². The molecule has 0 aliphatic heterocycles. The van der Waals surface area contributed by atoms with E-state index in [1.165, 1.54) is 7.11 Å². The number of hydrogen-bond acceptors (Lipinski definition) is 6. The molecular weight excluding hydrogens is 268 g/mol. The lowest BCUT2D eigenvalue weighted by Crippen LogP contribution is -2.13. The molecule has 2 aromatic rings. The Balaban J connectivity index is 2.09. The van der Waals surface area contributed by atoms with Crippen LogP contribution in [0.2, 0.25) is 0 Å². The van der Waals surface area contributed by atoms with Crippen LogP contribution in [0.3, 0.4) is 0 Å². The van der Waals surface area contributed by atoms with Gasteiger partial charge in [0, 0.05) is 24.9 Å². The number of nitrogen functional groups attached to an aromatic ring is 1. The van der Waals surface area contributed by atoms with Gasteiger partial charge in [0.2, 0.25) is 5.88 Å². The van der Waals surface area contributed by atoms with E-state index in [2.05, 4.69) is 20.7 Å². The molecule has 0 bridgehead atoms. The van der Waals surface area contributed by atoms with E-state index in [9.17, 15) is 8.78 Å². The molecule has 0 fully saturated rings. The van der Waals surface area contributed by atoms with Crippen molar-refractivity contribution < 1.29 is 13.5 Å². The van der Waals surface area contributed by atoms with E-state index >= 15 is 0 Å². The molecule has 0 aromatic carbocycles. The zero-order valence-electron chi connectivity index (χ0n) is 10.7. The Labute approximate surface area is 114 Å². The molecule has 106 valence electrons. The Morgan fingerprint density at radius 3 is 2.60 bits per heavy atom. The number of hydrazine groups is 1. The van der Waals surface area contributed by atoms with E-state index in [1.807, 2.05) is 0 Å². The SMILES string of the molecule is COc1ccc(CNc2nc(NN)c(F)cc2F)cn1. The standard InChI is InChI=1S/C12H13F2N5O/c1-20-10-3-2-7(5-16-10)6-17-11-8(13)4-9(14)12(18-11)19-15/h2-5H,6,15H2,1H3,(H2,17,18,19). The Morgan fingerprint density at radius 1 is 1.25 bits per heavy atom. The van der Waals surface area contributed by atoms with E-state index in [0.717, 1.165) is 5.56 Å². The van der Waals surface area contributed by atoms with Crippen LogP contribution in [0.25, 0.3) is 0 Å². The second-order valence-corrected chi connectivity index (χ2v) is 3.86. The fraction of sp³-hybridized carbons (Fsp3) is 0.167. The number of nitrogens with one attached hydrogen (secondary N) is 2. The monoisotopic (exact) mass is 281 g/mol. The van der Waals surface area contributed by atoms with Gasteiger partial charge in [-0.05, 0) is 5.56 Å². The summed E-state index contributed by atoms with van der Waals surface area (Å²) in [6.07, 6.45) is 1.58. The number of hydrogen-bond donors (Lipinski definition) is 3. The number of nitrogens with zero attached hydrogens (tertiary/aromatic N) is 2. The summed E-state index contributed by atoms with van der Waals surface area (Å²) in [5, 5.41) is 2.74. The fourth-order valence-corrected chi connectivity index (χ4v) is 1.51. The number of ether oxygens (including phenoxy) is 1. The normalized spacial score (nSPS) is 10.2. The quantitative estimate of drug-likeness (QED) is 0.571. The van der Waals surface area contributed by atoms with E-state index < -0.39 is 11.6 Å². The summed E-state index contributed by atoms with van der Waals surface area (Å²) in [4.78, 5) is 7.71. The van der Waals surface area contributed by atoms with Crippen molar-refractivity contribution in [1.82, 2.24) is 9.97 Å². The Kier molecular flexibility index (Phi) is 4.26. The predicted molar refractivity (Wildman–Crippen MR) is 70.1 cm³/mol. The first-order chi connectivity index (χ1) is 9.63. The van der Waals surface area contributed by atoms with Crippen LogP contribution in [0.1, 0.15) is 5.56 Å². The van der Waals surface area contributed by atoms with Crippen LogP contribution in [0.4, 0.5) is 20.4 Å². The van der Waals surface area contributed by atoms with Crippen molar-refractivity contribution in [2.24, 2.45) is 5.84 Å². The van der Waals surface area contributed by atoms with E-state index in [-0.39, 0.29) is 18.2 Å². The molecule has 2 heterocycles.